The lowest BCUT2D eigenvalue weighted by atomic mass is 9.96. The highest BCUT2D eigenvalue weighted by Crippen LogP contribution is 2.35. The van der Waals surface area contributed by atoms with Crippen LogP contribution in [0.2, 0.25) is 0 Å². The summed E-state index contributed by atoms with van der Waals surface area (Å²) in [5.74, 6) is 0.642. The molecule has 0 bridgehead atoms. The summed E-state index contributed by atoms with van der Waals surface area (Å²) in [6.07, 6.45) is -1.02. The van der Waals surface area contributed by atoms with E-state index in [0.717, 1.165) is 21.5 Å². The molecule has 0 saturated carbocycles. The van der Waals surface area contributed by atoms with Gasteiger partial charge in [0.15, 0.2) is 11.6 Å². The molecular weight excluding hydrogens is 459 g/mol. The van der Waals surface area contributed by atoms with Crippen LogP contribution in [-0.2, 0) is 19.1 Å². The van der Waals surface area contributed by atoms with E-state index in [-0.39, 0.29) is 22.9 Å². The molecule has 8 nitrogen and oxygen atoms in total. The molecule has 35 heavy (non-hydrogen) atoms. The lowest BCUT2D eigenvalue weighted by molar-refractivity contribution is 0.0685. The fraction of sp³-hybridized carbons (Fsp3) is 0.333. The van der Waals surface area contributed by atoms with Gasteiger partial charge in [-0.25, -0.2) is 27.8 Å². The monoisotopic (exact) mass is 485 g/mol. The minimum atomic E-state index is -2.88. The van der Waals surface area contributed by atoms with Crippen LogP contribution in [0.25, 0.3) is 17.1 Å². The van der Waals surface area contributed by atoms with Crippen LogP contribution in [0.5, 0.6) is 0 Å². The number of alkyl halides is 2. The van der Waals surface area contributed by atoms with E-state index in [1.165, 1.54) is 38.4 Å². The number of rotatable bonds is 7. The molecule has 0 atom stereocenters. The molecule has 184 valence electrons. The summed E-state index contributed by atoms with van der Waals surface area (Å²) in [6, 6.07) is 7.63. The van der Waals surface area contributed by atoms with Gasteiger partial charge in [0, 0.05) is 29.8 Å². The van der Waals surface area contributed by atoms with Crippen LogP contribution in [0.4, 0.5) is 24.8 Å². The minimum absolute atomic E-state index is 0.0579. The zero-order valence-electron chi connectivity index (χ0n) is 20.0. The summed E-state index contributed by atoms with van der Waals surface area (Å²) in [7, 11) is 1.79. The Labute approximate surface area is 200 Å². The first-order valence-corrected chi connectivity index (χ1v) is 11.0. The summed E-state index contributed by atoms with van der Waals surface area (Å²) in [6.45, 7) is 6.41. The van der Waals surface area contributed by atoms with Crippen LogP contribution in [0.3, 0.4) is 0 Å². The number of aryl methyl sites for hydroxylation is 2. The van der Waals surface area contributed by atoms with Crippen molar-refractivity contribution in [1.82, 2.24) is 29.5 Å². The van der Waals surface area contributed by atoms with Gasteiger partial charge < -0.3 is 10.4 Å². The van der Waals surface area contributed by atoms with Crippen LogP contribution < -0.4 is 5.32 Å². The van der Waals surface area contributed by atoms with Gasteiger partial charge in [0.1, 0.15) is 23.7 Å². The molecule has 11 heteroatoms. The Hall–Kier alpha value is -3.73. The molecule has 0 fully saturated rings. The predicted octanol–water partition coefficient (Wildman–Crippen LogP) is 4.98. The number of anilines is 2. The quantitative estimate of drug-likeness (QED) is 0.384. The van der Waals surface area contributed by atoms with Crippen molar-refractivity contribution >= 4 is 11.6 Å². The van der Waals surface area contributed by atoms with Crippen molar-refractivity contribution in [2.45, 2.75) is 46.1 Å². The molecule has 0 aliphatic heterocycles. The van der Waals surface area contributed by atoms with E-state index in [1.807, 2.05) is 6.92 Å². The number of benzene rings is 1. The molecule has 4 aromatic rings. The van der Waals surface area contributed by atoms with Gasteiger partial charge >= 0.3 is 0 Å². The molecule has 0 unspecified atom stereocenters. The van der Waals surface area contributed by atoms with Crippen molar-refractivity contribution in [1.29, 1.82) is 0 Å². The standard InChI is InChI=1S/C24H26F3N7O/c1-6-16-20(14-7-9-15(25)10-8-14)33(5)32-23(16)30-17-11-18(29-12-28-17)34-21(22(26)27)19(13(2)31-34)24(3,4)35/h7-12,22,35H,6H2,1-5H3,(H,28,29,30,32). The van der Waals surface area contributed by atoms with Gasteiger partial charge in [-0.3, -0.25) is 4.68 Å². The third-order valence-corrected chi connectivity index (χ3v) is 5.65. The summed E-state index contributed by atoms with van der Waals surface area (Å²) >= 11 is 0. The summed E-state index contributed by atoms with van der Waals surface area (Å²) in [5, 5.41) is 22.4. The molecule has 0 amide bonds. The average Bonchev–Trinajstić information content (AvgIpc) is 3.31. The van der Waals surface area contributed by atoms with E-state index in [0.29, 0.717) is 18.1 Å². The second-order valence-electron chi connectivity index (χ2n) is 8.66. The minimum Gasteiger partial charge on any atom is -0.386 e. The normalized spacial score (nSPS) is 11.9. The molecule has 0 aliphatic carbocycles. The molecule has 0 saturated heterocycles. The van der Waals surface area contributed by atoms with Crippen LogP contribution in [0.1, 0.15) is 49.7 Å². The van der Waals surface area contributed by atoms with E-state index in [4.69, 9.17) is 0 Å². The number of halogens is 3. The number of aromatic nitrogens is 6. The second kappa shape index (κ2) is 9.14. The highest BCUT2D eigenvalue weighted by molar-refractivity contribution is 5.72. The molecular formula is C24H26F3N7O. The largest absolute Gasteiger partial charge is 0.386 e. The maximum Gasteiger partial charge on any atom is 0.280 e. The van der Waals surface area contributed by atoms with Crippen LogP contribution in [-0.4, -0.2) is 34.6 Å². The Bertz CT molecular complexity index is 1350. The number of nitrogens with zero attached hydrogens (tertiary/aromatic N) is 6. The number of hydrogen-bond donors (Lipinski definition) is 2. The summed E-state index contributed by atoms with van der Waals surface area (Å²) in [4.78, 5) is 8.34. The number of hydrogen-bond acceptors (Lipinski definition) is 6. The summed E-state index contributed by atoms with van der Waals surface area (Å²) < 4.78 is 44.2. The molecule has 0 radical (unpaired) electrons. The van der Waals surface area contributed by atoms with Crippen molar-refractivity contribution in [3.63, 3.8) is 0 Å². The van der Waals surface area contributed by atoms with Crippen LogP contribution in [0.15, 0.2) is 36.7 Å². The fourth-order valence-corrected chi connectivity index (χ4v) is 4.30. The van der Waals surface area contributed by atoms with E-state index in [1.54, 1.807) is 30.8 Å². The van der Waals surface area contributed by atoms with E-state index in [2.05, 4.69) is 25.5 Å². The fourth-order valence-electron chi connectivity index (χ4n) is 4.30. The molecule has 2 N–H and O–H groups in total. The van der Waals surface area contributed by atoms with E-state index < -0.39 is 17.7 Å². The maximum atomic E-state index is 14.0. The van der Waals surface area contributed by atoms with Gasteiger partial charge in [0.25, 0.3) is 6.43 Å². The van der Waals surface area contributed by atoms with E-state index >= 15 is 0 Å². The van der Waals surface area contributed by atoms with Gasteiger partial charge in [0.2, 0.25) is 0 Å². The molecule has 3 aromatic heterocycles. The summed E-state index contributed by atoms with van der Waals surface area (Å²) in [5.41, 5.74) is 0.912. The SMILES string of the molecule is CCc1c(Nc2cc(-n3nc(C)c(C(C)(C)O)c3C(F)F)ncn2)nn(C)c1-c1ccc(F)cc1. The highest BCUT2D eigenvalue weighted by atomic mass is 19.3. The molecule has 4 rings (SSSR count). The Balaban J connectivity index is 1.75. The predicted molar refractivity (Wildman–Crippen MR) is 125 cm³/mol. The van der Waals surface area contributed by atoms with Crippen molar-refractivity contribution in [3.05, 3.63) is 65.0 Å². The van der Waals surface area contributed by atoms with Crippen molar-refractivity contribution in [3.8, 4) is 17.1 Å². The molecule has 0 aliphatic rings. The van der Waals surface area contributed by atoms with Crippen LogP contribution >= 0.6 is 0 Å². The first kappa shape index (κ1) is 24.4. The zero-order valence-corrected chi connectivity index (χ0v) is 20.0. The van der Waals surface area contributed by atoms with Gasteiger partial charge in [-0.15, -0.1) is 0 Å². The van der Waals surface area contributed by atoms with Crippen molar-refractivity contribution in [2.75, 3.05) is 5.32 Å². The van der Waals surface area contributed by atoms with Gasteiger partial charge in [-0.05, 0) is 51.5 Å². The average molecular weight is 486 g/mol. The Morgan fingerprint density at radius 3 is 2.40 bits per heavy atom. The van der Waals surface area contributed by atoms with Crippen LogP contribution in [0, 0.1) is 12.7 Å². The highest BCUT2D eigenvalue weighted by Gasteiger charge is 2.33. The molecule has 0 spiro atoms. The third kappa shape index (κ3) is 4.63. The molecule has 1 aromatic carbocycles. The number of nitrogens with one attached hydrogen (secondary N) is 1. The van der Waals surface area contributed by atoms with Crippen molar-refractivity contribution in [2.24, 2.45) is 7.05 Å². The first-order chi connectivity index (χ1) is 16.5. The lowest BCUT2D eigenvalue weighted by Gasteiger charge is -2.19. The second-order valence-corrected chi connectivity index (χ2v) is 8.66. The van der Waals surface area contributed by atoms with Crippen molar-refractivity contribution < 1.29 is 18.3 Å². The maximum absolute atomic E-state index is 14.0. The zero-order chi connectivity index (χ0) is 25.5. The Kier molecular flexibility index (Phi) is 6.37. The Morgan fingerprint density at radius 2 is 1.80 bits per heavy atom. The lowest BCUT2D eigenvalue weighted by Crippen LogP contribution is -2.19. The first-order valence-electron chi connectivity index (χ1n) is 11.0. The van der Waals surface area contributed by atoms with Gasteiger partial charge in [0.05, 0.1) is 17.0 Å². The smallest absolute Gasteiger partial charge is 0.280 e. The third-order valence-electron chi connectivity index (χ3n) is 5.65. The molecule has 3 heterocycles. The van der Waals surface area contributed by atoms with E-state index in [9.17, 15) is 18.3 Å². The van der Waals surface area contributed by atoms with Gasteiger partial charge in [-0.2, -0.15) is 10.2 Å². The Morgan fingerprint density at radius 1 is 1.11 bits per heavy atom. The van der Waals surface area contributed by atoms with Gasteiger partial charge in [-0.1, -0.05) is 6.92 Å². The topological polar surface area (TPSA) is 93.7 Å². The number of aliphatic hydroxyl groups is 1.